The van der Waals surface area contributed by atoms with Crippen molar-refractivity contribution in [3.63, 3.8) is 0 Å². The molecule has 0 aromatic heterocycles. The van der Waals surface area contributed by atoms with E-state index < -0.39 is 24.2 Å². The molecule has 2 N–H and O–H groups in total. The third kappa shape index (κ3) is 4.08. The fourth-order valence-corrected chi connectivity index (χ4v) is 1.20. The number of aliphatic carboxylic acids is 1. The van der Waals surface area contributed by atoms with Crippen LogP contribution in [0.15, 0.2) is 30.3 Å². The number of nitrogens with one attached hydrogen (secondary N) is 1. The first-order chi connectivity index (χ1) is 9.23. The standard InChI is InChI=1S/C12H9F4NO3/c13-10(14)12(15,16)11(20)17-8-3-1-2-7(6-8)4-5-9(18)19/h1-6,10H,(H,17,20)(H,18,19)/b5-4+. The van der Waals surface area contributed by atoms with Crippen LogP contribution in [0.4, 0.5) is 23.2 Å². The third-order valence-electron chi connectivity index (χ3n) is 2.14. The van der Waals surface area contributed by atoms with Crippen LogP contribution in [0.25, 0.3) is 6.08 Å². The number of anilines is 1. The summed E-state index contributed by atoms with van der Waals surface area (Å²) in [5, 5.41) is 10.1. The Bertz CT molecular complexity index is 543. The van der Waals surface area contributed by atoms with Gasteiger partial charge in [-0.15, -0.1) is 0 Å². The van der Waals surface area contributed by atoms with Crippen LogP contribution in [-0.2, 0) is 9.59 Å². The summed E-state index contributed by atoms with van der Waals surface area (Å²) >= 11 is 0. The van der Waals surface area contributed by atoms with Gasteiger partial charge in [0.15, 0.2) is 0 Å². The Morgan fingerprint density at radius 1 is 1.30 bits per heavy atom. The monoisotopic (exact) mass is 291 g/mol. The fourth-order valence-electron chi connectivity index (χ4n) is 1.20. The van der Waals surface area contributed by atoms with Gasteiger partial charge in [-0.25, -0.2) is 13.6 Å². The van der Waals surface area contributed by atoms with Crippen molar-refractivity contribution in [1.29, 1.82) is 0 Å². The van der Waals surface area contributed by atoms with Crippen LogP contribution in [0, 0.1) is 0 Å². The predicted molar refractivity (Wildman–Crippen MR) is 62.7 cm³/mol. The minimum Gasteiger partial charge on any atom is -0.478 e. The van der Waals surface area contributed by atoms with E-state index in [0.29, 0.717) is 5.56 Å². The zero-order chi connectivity index (χ0) is 15.3. The number of hydrogen-bond acceptors (Lipinski definition) is 2. The second-order valence-electron chi connectivity index (χ2n) is 3.67. The highest BCUT2D eigenvalue weighted by Gasteiger charge is 2.48. The lowest BCUT2D eigenvalue weighted by Gasteiger charge is -2.14. The van der Waals surface area contributed by atoms with Crippen molar-refractivity contribution in [3.8, 4) is 0 Å². The molecule has 0 bridgehead atoms. The van der Waals surface area contributed by atoms with Gasteiger partial charge in [-0.2, -0.15) is 8.78 Å². The van der Waals surface area contributed by atoms with Gasteiger partial charge in [-0.3, -0.25) is 4.79 Å². The normalized spacial score (nSPS) is 11.8. The lowest BCUT2D eigenvalue weighted by molar-refractivity contribution is -0.163. The number of alkyl halides is 4. The van der Waals surface area contributed by atoms with Crippen molar-refractivity contribution in [2.75, 3.05) is 5.32 Å². The molecule has 1 aromatic carbocycles. The molecule has 8 heteroatoms. The van der Waals surface area contributed by atoms with Crippen LogP contribution in [0.2, 0.25) is 0 Å². The first-order valence-electron chi connectivity index (χ1n) is 5.22. The Balaban J connectivity index is 2.86. The first kappa shape index (κ1) is 15.7. The molecule has 0 heterocycles. The van der Waals surface area contributed by atoms with E-state index in [9.17, 15) is 27.2 Å². The number of amides is 1. The topological polar surface area (TPSA) is 66.4 Å². The maximum atomic E-state index is 12.7. The Kier molecular flexibility index (Phi) is 4.84. The summed E-state index contributed by atoms with van der Waals surface area (Å²) in [6.07, 6.45) is -2.16. The number of halogens is 4. The Hall–Kier alpha value is -2.38. The zero-order valence-corrected chi connectivity index (χ0v) is 9.82. The van der Waals surface area contributed by atoms with Gasteiger partial charge in [0, 0.05) is 11.8 Å². The largest absolute Gasteiger partial charge is 0.478 e. The predicted octanol–water partition coefficient (Wildman–Crippen LogP) is 2.62. The van der Waals surface area contributed by atoms with Gasteiger partial charge in [-0.1, -0.05) is 12.1 Å². The van der Waals surface area contributed by atoms with Crippen molar-refractivity contribution < 1.29 is 32.3 Å². The van der Waals surface area contributed by atoms with Crippen molar-refractivity contribution in [1.82, 2.24) is 0 Å². The molecule has 1 amide bonds. The van der Waals surface area contributed by atoms with Gasteiger partial charge in [0.1, 0.15) is 0 Å². The molecule has 0 spiro atoms. The maximum Gasteiger partial charge on any atom is 0.383 e. The van der Waals surface area contributed by atoms with E-state index in [1.54, 1.807) is 5.32 Å². The van der Waals surface area contributed by atoms with E-state index in [1.807, 2.05) is 0 Å². The highest BCUT2D eigenvalue weighted by molar-refractivity contribution is 5.96. The van der Waals surface area contributed by atoms with Crippen molar-refractivity contribution >= 4 is 23.6 Å². The average Bonchev–Trinajstić information content (AvgIpc) is 2.36. The molecule has 0 fully saturated rings. The molecule has 4 nitrogen and oxygen atoms in total. The maximum absolute atomic E-state index is 12.7. The molecular formula is C12H9F4NO3. The van der Waals surface area contributed by atoms with Crippen LogP contribution in [0.1, 0.15) is 5.56 Å². The number of hydrogen-bond donors (Lipinski definition) is 2. The van der Waals surface area contributed by atoms with Crippen molar-refractivity contribution in [2.24, 2.45) is 0 Å². The number of carbonyl (C=O) groups is 2. The highest BCUT2D eigenvalue weighted by atomic mass is 19.3. The van der Waals surface area contributed by atoms with Gasteiger partial charge >= 0.3 is 24.2 Å². The second kappa shape index (κ2) is 6.18. The van der Waals surface area contributed by atoms with Crippen LogP contribution in [0.3, 0.4) is 0 Å². The number of rotatable bonds is 5. The van der Waals surface area contributed by atoms with Gasteiger partial charge in [0.25, 0.3) is 0 Å². The minimum absolute atomic E-state index is 0.150. The number of carboxylic acids is 1. The lowest BCUT2D eigenvalue weighted by atomic mass is 10.2. The number of benzene rings is 1. The molecular weight excluding hydrogens is 282 g/mol. The molecule has 0 aliphatic heterocycles. The molecule has 0 saturated heterocycles. The summed E-state index contributed by atoms with van der Waals surface area (Å²) in [7, 11) is 0. The average molecular weight is 291 g/mol. The Morgan fingerprint density at radius 3 is 2.50 bits per heavy atom. The summed E-state index contributed by atoms with van der Waals surface area (Å²) < 4.78 is 49.4. The molecule has 1 aromatic rings. The molecule has 0 aliphatic carbocycles. The van der Waals surface area contributed by atoms with Gasteiger partial charge in [0.05, 0.1) is 0 Å². The van der Waals surface area contributed by atoms with E-state index >= 15 is 0 Å². The SMILES string of the molecule is O=C(O)/C=C/c1cccc(NC(=O)C(F)(F)C(F)F)c1. The summed E-state index contributed by atoms with van der Waals surface area (Å²) in [6, 6.07) is 5.16. The minimum atomic E-state index is -4.80. The van der Waals surface area contributed by atoms with Crippen LogP contribution < -0.4 is 5.32 Å². The lowest BCUT2D eigenvalue weighted by Crippen LogP contribution is -2.40. The molecule has 0 atom stereocenters. The Morgan fingerprint density at radius 2 is 1.95 bits per heavy atom. The molecule has 1 rings (SSSR count). The summed E-state index contributed by atoms with van der Waals surface area (Å²) in [4.78, 5) is 21.3. The Labute approximate surface area is 110 Å². The van der Waals surface area contributed by atoms with Crippen LogP contribution in [0.5, 0.6) is 0 Å². The van der Waals surface area contributed by atoms with Crippen molar-refractivity contribution in [3.05, 3.63) is 35.9 Å². The molecule has 108 valence electrons. The highest BCUT2D eigenvalue weighted by Crippen LogP contribution is 2.25. The summed E-state index contributed by atoms with van der Waals surface area (Å²) in [5.41, 5.74) is 0.147. The van der Waals surface area contributed by atoms with Gasteiger partial charge in [0.2, 0.25) is 0 Å². The number of carbonyl (C=O) groups excluding carboxylic acids is 1. The fraction of sp³-hybridized carbons (Fsp3) is 0.167. The quantitative estimate of drug-likeness (QED) is 0.647. The second-order valence-corrected chi connectivity index (χ2v) is 3.67. The smallest absolute Gasteiger partial charge is 0.383 e. The molecule has 20 heavy (non-hydrogen) atoms. The third-order valence-corrected chi connectivity index (χ3v) is 2.14. The van der Waals surface area contributed by atoms with E-state index in [-0.39, 0.29) is 5.69 Å². The van der Waals surface area contributed by atoms with Gasteiger partial charge in [-0.05, 0) is 23.8 Å². The van der Waals surface area contributed by atoms with E-state index in [0.717, 1.165) is 12.2 Å². The molecule has 0 unspecified atom stereocenters. The summed E-state index contributed by atoms with van der Waals surface area (Å²) in [5.74, 6) is -8.15. The first-order valence-corrected chi connectivity index (χ1v) is 5.22. The molecule has 0 aliphatic rings. The van der Waals surface area contributed by atoms with Crippen LogP contribution >= 0.6 is 0 Å². The van der Waals surface area contributed by atoms with E-state index in [2.05, 4.69) is 0 Å². The van der Waals surface area contributed by atoms with E-state index in [1.165, 1.54) is 24.3 Å². The van der Waals surface area contributed by atoms with Crippen LogP contribution in [-0.4, -0.2) is 29.3 Å². The molecule has 0 radical (unpaired) electrons. The van der Waals surface area contributed by atoms with Crippen molar-refractivity contribution in [2.45, 2.75) is 12.3 Å². The van der Waals surface area contributed by atoms with E-state index in [4.69, 9.17) is 5.11 Å². The molecule has 0 saturated carbocycles. The van der Waals surface area contributed by atoms with Gasteiger partial charge < -0.3 is 10.4 Å². The summed E-state index contributed by atoms with van der Waals surface area (Å²) in [6.45, 7) is 0. The zero-order valence-electron chi connectivity index (χ0n) is 9.82. The number of carboxylic acid groups (broad SMARTS) is 1.